The van der Waals surface area contributed by atoms with Gasteiger partial charge < -0.3 is 0 Å². The average molecular weight is 261 g/mol. The molecule has 0 spiro atoms. The van der Waals surface area contributed by atoms with E-state index in [2.05, 4.69) is 24.2 Å². The SMILES string of the molecule is CC1CC(C)CN(Cc2ccc(C(=O)NN)cc2)C1. The number of nitrogens with two attached hydrogens (primary N) is 1. The van der Waals surface area contributed by atoms with Crippen LogP contribution in [-0.2, 0) is 6.54 Å². The third-order valence-electron chi connectivity index (χ3n) is 3.70. The molecular formula is C15H23N3O. The average Bonchev–Trinajstić information content (AvgIpc) is 2.37. The topological polar surface area (TPSA) is 58.4 Å². The van der Waals surface area contributed by atoms with Crippen molar-refractivity contribution >= 4 is 5.91 Å². The molecule has 104 valence electrons. The first-order valence-electron chi connectivity index (χ1n) is 6.90. The zero-order chi connectivity index (χ0) is 13.8. The van der Waals surface area contributed by atoms with E-state index in [1.807, 2.05) is 24.3 Å². The van der Waals surface area contributed by atoms with E-state index >= 15 is 0 Å². The van der Waals surface area contributed by atoms with Gasteiger partial charge in [0.2, 0.25) is 0 Å². The molecule has 2 atom stereocenters. The summed E-state index contributed by atoms with van der Waals surface area (Å²) in [6, 6.07) is 7.67. The zero-order valence-corrected chi connectivity index (χ0v) is 11.7. The highest BCUT2D eigenvalue weighted by Crippen LogP contribution is 2.22. The molecule has 2 rings (SSSR count). The van der Waals surface area contributed by atoms with Gasteiger partial charge in [-0.05, 0) is 36.0 Å². The second-order valence-corrected chi connectivity index (χ2v) is 5.81. The lowest BCUT2D eigenvalue weighted by Gasteiger charge is -2.35. The molecule has 0 aromatic heterocycles. The van der Waals surface area contributed by atoms with Gasteiger partial charge in [0.1, 0.15) is 0 Å². The van der Waals surface area contributed by atoms with Gasteiger partial charge in [-0.25, -0.2) is 5.84 Å². The molecule has 4 nitrogen and oxygen atoms in total. The summed E-state index contributed by atoms with van der Waals surface area (Å²) in [5.41, 5.74) is 3.99. The summed E-state index contributed by atoms with van der Waals surface area (Å²) >= 11 is 0. The molecule has 0 radical (unpaired) electrons. The Morgan fingerprint density at radius 3 is 2.37 bits per heavy atom. The number of benzene rings is 1. The number of rotatable bonds is 3. The number of piperidine rings is 1. The first-order chi connectivity index (χ1) is 9.08. The minimum absolute atomic E-state index is 0.244. The number of hydrazine groups is 1. The third kappa shape index (κ3) is 3.78. The molecular weight excluding hydrogens is 238 g/mol. The Labute approximate surface area is 114 Å². The number of hydrogen-bond acceptors (Lipinski definition) is 3. The van der Waals surface area contributed by atoms with Crippen molar-refractivity contribution in [1.82, 2.24) is 10.3 Å². The van der Waals surface area contributed by atoms with Crippen LogP contribution in [0.15, 0.2) is 24.3 Å². The molecule has 19 heavy (non-hydrogen) atoms. The Bertz CT molecular complexity index is 420. The molecule has 1 aromatic rings. The maximum atomic E-state index is 11.4. The number of nitrogens with zero attached hydrogens (tertiary/aromatic N) is 1. The van der Waals surface area contributed by atoms with E-state index in [1.165, 1.54) is 12.0 Å². The number of carbonyl (C=O) groups is 1. The largest absolute Gasteiger partial charge is 0.299 e. The fourth-order valence-corrected chi connectivity index (χ4v) is 3.02. The highest BCUT2D eigenvalue weighted by atomic mass is 16.2. The quantitative estimate of drug-likeness (QED) is 0.495. The van der Waals surface area contributed by atoms with Crippen molar-refractivity contribution in [3.8, 4) is 0 Å². The maximum absolute atomic E-state index is 11.4. The van der Waals surface area contributed by atoms with Crippen LogP contribution in [0, 0.1) is 11.8 Å². The highest BCUT2D eigenvalue weighted by Gasteiger charge is 2.21. The summed E-state index contributed by atoms with van der Waals surface area (Å²) in [4.78, 5) is 13.9. The van der Waals surface area contributed by atoms with E-state index < -0.39 is 0 Å². The van der Waals surface area contributed by atoms with Crippen molar-refractivity contribution in [2.24, 2.45) is 17.7 Å². The zero-order valence-electron chi connectivity index (χ0n) is 11.7. The second kappa shape index (κ2) is 6.17. The number of nitrogen functional groups attached to an aromatic ring is 1. The molecule has 1 saturated heterocycles. The van der Waals surface area contributed by atoms with Gasteiger partial charge in [0.15, 0.2) is 0 Å². The monoisotopic (exact) mass is 261 g/mol. The van der Waals surface area contributed by atoms with Gasteiger partial charge in [-0.1, -0.05) is 26.0 Å². The van der Waals surface area contributed by atoms with Crippen molar-refractivity contribution in [3.05, 3.63) is 35.4 Å². The molecule has 2 unspecified atom stereocenters. The second-order valence-electron chi connectivity index (χ2n) is 5.81. The van der Waals surface area contributed by atoms with Gasteiger partial charge in [-0.3, -0.25) is 15.1 Å². The molecule has 1 fully saturated rings. The van der Waals surface area contributed by atoms with E-state index in [-0.39, 0.29) is 5.91 Å². The fourth-order valence-electron chi connectivity index (χ4n) is 3.02. The van der Waals surface area contributed by atoms with Crippen LogP contribution in [0.4, 0.5) is 0 Å². The molecule has 3 N–H and O–H groups in total. The predicted molar refractivity (Wildman–Crippen MR) is 76.3 cm³/mol. The van der Waals surface area contributed by atoms with Crippen LogP contribution in [0.1, 0.15) is 36.2 Å². The fraction of sp³-hybridized carbons (Fsp3) is 0.533. The van der Waals surface area contributed by atoms with Crippen LogP contribution in [-0.4, -0.2) is 23.9 Å². The molecule has 0 bridgehead atoms. The van der Waals surface area contributed by atoms with Gasteiger partial charge in [0.25, 0.3) is 5.91 Å². The third-order valence-corrected chi connectivity index (χ3v) is 3.70. The van der Waals surface area contributed by atoms with E-state index in [0.29, 0.717) is 5.56 Å². The van der Waals surface area contributed by atoms with Crippen molar-refractivity contribution in [2.45, 2.75) is 26.8 Å². The van der Waals surface area contributed by atoms with Gasteiger partial charge in [-0.15, -0.1) is 0 Å². The van der Waals surface area contributed by atoms with Gasteiger partial charge in [-0.2, -0.15) is 0 Å². The van der Waals surface area contributed by atoms with Gasteiger partial charge >= 0.3 is 0 Å². The number of hydrogen-bond donors (Lipinski definition) is 2. The minimum atomic E-state index is -0.244. The lowest BCUT2D eigenvalue weighted by atomic mass is 9.91. The van der Waals surface area contributed by atoms with Crippen LogP contribution in [0.25, 0.3) is 0 Å². The van der Waals surface area contributed by atoms with Crippen LogP contribution in [0.2, 0.25) is 0 Å². The Hall–Kier alpha value is -1.39. The van der Waals surface area contributed by atoms with Crippen LogP contribution in [0.5, 0.6) is 0 Å². The lowest BCUT2D eigenvalue weighted by Crippen LogP contribution is -2.38. The molecule has 1 amide bonds. The lowest BCUT2D eigenvalue weighted by molar-refractivity contribution is 0.0953. The Morgan fingerprint density at radius 2 is 1.84 bits per heavy atom. The Morgan fingerprint density at radius 1 is 1.26 bits per heavy atom. The molecule has 1 heterocycles. The predicted octanol–water partition coefficient (Wildman–Crippen LogP) is 1.77. The van der Waals surface area contributed by atoms with E-state index in [4.69, 9.17) is 5.84 Å². The molecule has 4 heteroatoms. The van der Waals surface area contributed by atoms with Crippen molar-refractivity contribution in [1.29, 1.82) is 0 Å². The van der Waals surface area contributed by atoms with E-state index in [0.717, 1.165) is 31.5 Å². The molecule has 0 aliphatic carbocycles. The summed E-state index contributed by atoms with van der Waals surface area (Å²) in [5.74, 6) is 6.41. The summed E-state index contributed by atoms with van der Waals surface area (Å²) in [5, 5.41) is 0. The van der Waals surface area contributed by atoms with Crippen molar-refractivity contribution < 1.29 is 4.79 Å². The van der Waals surface area contributed by atoms with Gasteiger partial charge in [0, 0.05) is 25.2 Å². The Balaban J connectivity index is 1.97. The van der Waals surface area contributed by atoms with E-state index in [1.54, 1.807) is 0 Å². The van der Waals surface area contributed by atoms with Crippen LogP contribution >= 0.6 is 0 Å². The maximum Gasteiger partial charge on any atom is 0.265 e. The molecule has 0 saturated carbocycles. The number of likely N-dealkylation sites (tertiary alicyclic amines) is 1. The molecule has 1 aromatic carbocycles. The van der Waals surface area contributed by atoms with Crippen molar-refractivity contribution in [2.75, 3.05) is 13.1 Å². The van der Waals surface area contributed by atoms with Crippen LogP contribution in [0.3, 0.4) is 0 Å². The summed E-state index contributed by atoms with van der Waals surface area (Å²) in [6.45, 7) is 7.92. The van der Waals surface area contributed by atoms with E-state index in [9.17, 15) is 4.79 Å². The van der Waals surface area contributed by atoms with Gasteiger partial charge in [0.05, 0.1) is 0 Å². The first kappa shape index (κ1) is 14.0. The van der Waals surface area contributed by atoms with Crippen molar-refractivity contribution in [3.63, 3.8) is 0 Å². The first-order valence-corrected chi connectivity index (χ1v) is 6.90. The standard InChI is InChI=1S/C15H23N3O/c1-11-7-12(2)9-18(8-11)10-13-3-5-14(6-4-13)15(19)17-16/h3-6,11-12H,7-10,16H2,1-2H3,(H,17,19). The minimum Gasteiger partial charge on any atom is -0.299 e. The molecule has 1 aliphatic heterocycles. The highest BCUT2D eigenvalue weighted by molar-refractivity contribution is 5.93. The normalized spacial score (nSPS) is 24.2. The number of amides is 1. The Kier molecular flexibility index (Phi) is 4.56. The summed E-state index contributed by atoms with van der Waals surface area (Å²) in [7, 11) is 0. The molecule has 1 aliphatic rings. The summed E-state index contributed by atoms with van der Waals surface area (Å²) in [6.07, 6.45) is 1.33. The number of carbonyl (C=O) groups excluding carboxylic acids is 1. The smallest absolute Gasteiger partial charge is 0.265 e. The number of nitrogens with one attached hydrogen (secondary N) is 1. The van der Waals surface area contributed by atoms with Crippen LogP contribution < -0.4 is 11.3 Å². The summed E-state index contributed by atoms with van der Waals surface area (Å²) < 4.78 is 0.